The van der Waals surface area contributed by atoms with Crippen molar-refractivity contribution in [3.05, 3.63) is 32.9 Å². The number of rotatable bonds is 5. The second-order valence-corrected chi connectivity index (χ2v) is 7.26. The molecule has 2 rings (SSSR count). The van der Waals surface area contributed by atoms with Crippen LogP contribution in [0, 0.1) is 19.8 Å². The van der Waals surface area contributed by atoms with E-state index in [0.29, 0.717) is 17.1 Å². The van der Waals surface area contributed by atoms with Gasteiger partial charge in [-0.3, -0.25) is 14.3 Å². The summed E-state index contributed by atoms with van der Waals surface area (Å²) in [6, 6.07) is 0. The zero-order valence-electron chi connectivity index (χ0n) is 12.5. The molecule has 6 nitrogen and oxygen atoms in total. The van der Waals surface area contributed by atoms with Gasteiger partial charge in [0.15, 0.2) is 0 Å². The number of nitrogens with two attached hydrogens (primary N) is 1. The molecule has 0 aliphatic carbocycles. The zero-order valence-corrected chi connectivity index (χ0v) is 14.9. The smallest absolute Gasteiger partial charge is 0.251 e. The van der Waals surface area contributed by atoms with E-state index in [4.69, 9.17) is 5.73 Å². The lowest BCUT2D eigenvalue weighted by atomic mass is 10.1. The molecule has 0 aromatic carbocycles. The average molecular weight is 385 g/mol. The van der Waals surface area contributed by atoms with Crippen molar-refractivity contribution in [2.24, 2.45) is 11.7 Å². The van der Waals surface area contributed by atoms with E-state index in [2.05, 4.69) is 26.3 Å². The Hall–Kier alpha value is -1.67. The van der Waals surface area contributed by atoms with Crippen molar-refractivity contribution in [2.75, 3.05) is 5.32 Å². The molecule has 0 spiro atoms. The standard InChI is InChI=1S/C14H17BrN4O2S/c1-7(5-19-6-10(15)4-17-19)13(21)18-14-11(12(16)20)8(2)9(3)22-14/h4,6-7H,5H2,1-3H3,(H2,16,20)(H,18,21). The monoisotopic (exact) mass is 384 g/mol. The van der Waals surface area contributed by atoms with Crippen LogP contribution in [0.4, 0.5) is 5.00 Å². The van der Waals surface area contributed by atoms with E-state index >= 15 is 0 Å². The fraction of sp³-hybridized carbons (Fsp3) is 0.357. The molecule has 0 saturated heterocycles. The Kier molecular flexibility index (Phi) is 5.02. The number of hydrogen-bond acceptors (Lipinski definition) is 4. The van der Waals surface area contributed by atoms with Crippen molar-refractivity contribution in [3.63, 3.8) is 0 Å². The molecule has 2 heterocycles. The van der Waals surface area contributed by atoms with Gasteiger partial charge in [0, 0.05) is 11.1 Å². The highest BCUT2D eigenvalue weighted by atomic mass is 79.9. The minimum atomic E-state index is -0.527. The van der Waals surface area contributed by atoms with Crippen LogP contribution >= 0.6 is 27.3 Å². The number of halogens is 1. The minimum absolute atomic E-state index is 0.171. The lowest BCUT2D eigenvalue weighted by molar-refractivity contribution is -0.119. The molecule has 2 aromatic rings. The first-order chi connectivity index (χ1) is 10.3. The minimum Gasteiger partial charge on any atom is -0.365 e. The van der Waals surface area contributed by atoms with Crippen molar-refractivity contribution in [2.45, 2.75) is 27.3 Å². The first-order valence-electron chi connectivity index (χ1n) is 6.68. The predicted molar refractivity (Wildman–Crippen MR) is 90.0 cm³/mol. The van der Waals surface area contributed by atoms with Gasteiger partial charge in [-0.25, -0.2) is 0 Å². The summed E-state index contributed by atoms with van der Waals surface area (Å²) >= 11 is 4.68. The lowest BCUT2D eigenvalue weighted by Crippen LogP contribution is -2.25. The summed E-state index contributed by atoms with van der Waals surface area (Å²) in [6.07, 6.45) is 3.47. The summed E-state index contributed by atoms with van der Waals surface area (Å²) in [5, 5.41) is 7.45. The fourth-order valence-electron chi connectivity index (χ4n) is 2.05. The molecule has 0 bridgehead atoms. The molecule has 0 fully saturated rings. The number of primary amides is 1. The summed E-state index contributed by atoms with van der Waals surface area (Å²) in [5.41, 5.74) is 6.61. The Bertz CT molecular complexity index is 722. The zero-order chi connectivity index (χ0) is 16.4. The van der Waals surface area contributed by atoms with Gasteiger partial charge in [0.05, 0.1) is 28.7 Å². The quantitative estimate of drug-likeness (QED) is 0.829. The molecule has 1 atom stereocenters. The molecule has 1 unspecified atom stereocenters. The van der Waals surface area contributed by atoms with Crippen molar-refractivity contribution in [1.82, 2.24) is 9.78 Å². The first kappa shape index (κ1) is 16.7. The molecule has 0 aliphatic heterocycles. The van der Waals surface area contributed by atoms with Gasteiger partial charge in [0.25, 0.3) is 5.91 Å². The van der Waals surface area contributed by atoms with E-state index in [1.807, 2.05) is 20.8 Å². The van der Waals surface area contributed by atoms with Gasteiger partial charge in [-0.05, 0) is 35.3 Å². The second kappa shape index (κ2) is 6.62. The second-order valence-electron chi connectivity index (χ2n) is 5.12. The van der Waals surface area contributed by atoms with Gasteiger partial charge >= 0.3 is 0 Å². The SMILES string of the molecule is Cc1sc(NC(=O)C(C)Cn2cc(Br)cn2)c(C(N)=O)c1C. The molecule has 8 heteroatoms. The van der Waals surface area contributed by atoms with E-state index in [1.165, 1.54) is 11.3 Å². The molecule has 0 aliphatic rings. The Balaban J connectivity index is 2.11. The van der Waals surface area contributed by atoms with Gasteiger partial charge in [0.2, 0.25) is 5.91 Å². The van der Waals surface area contributed by atoms with Crippen LogP contribution in [-0.2, 0) is 11.3 Å². The summed E-state index contributed by atoms with van der Waals surface area (Å²) in [7, 11) is 0. The predicted octanol–water partition coefficient (Wildman–Crippen LogP) is 2.70. The van der Waals surface area contributed by atoms with Crippen molar-refractivity contribution in [1.29, 1.82) is 0 Å². The fourth-order valence-corrected chi connectivity index (χ4v) is 3.45. The molecule has 3 N–H and O–H groups in total. The third kappa shape index (κ3) is 3.56. The normalized spacial score (nSPS) is 12.2. The Morgan fingerprint density at radius 2 is 2.18 bits per heavy atom. The molecular formula is C14H17BrN4O2S. The van der Waals surface area contributed by atoms with Crippen molar-refractivity contribution >= 4 is 44.1 Å². The molecule has 0 radical (unpaired) electrons. The van der Waals surface area contributed by atoms with Gasteiger partial charge in [0.1, 0.15) is 5.00 Å². The number of carbonyl (C=O) groups excluding carboxylic acids is 2. The molecule has 2 amide bonds. The van der Waals surface area contributed by atoms with Crippen LogP contribution in [-0.4, -0.2) is 21.6 Å². The van der Waals surface area contributed by atoms with Crippen LogP contribution in [0.2, 0.25) is 0 Å². The number of carbonyl (C=O) groups is 2. The van der Waals surface area contributed by atoms with Crippen LogP contribution in [0.1, 0.15) is 27.7 Å². The van der Waals surface area contributed by atoms with Crippen LogP contribution in [0.15, 0.2) is 16.9 Å². The number of amides is 2. The summed E-state index contributed by atoms with van der Waals surface area (Å²) in [4.78, 5) is 24.8. The Morgan fingerprint density at radius 1 is 1.50 bits per heavy atom. The van der Waals surface area contributed by atoms with Crippen molar-refractivity contribution < 1.29 is 9.59 Å². The number of nitrogens with zero attached hydrogens (tertiary/aromatic N) is 2. The maximum atomic E-state index is 12.3. The highest BCUT2D eigenvalue weighted by molar-refractivity contribution is 9.10. The van der Waals surface area contributed by atoms with E-state index < -0.39 is 5.91 Å². The molecule has 118 valence electrons. The van der Waals surface area contributed by atoms with Gasteiger partial charge < -0.3 is 11.1 Å². The Labute approximate surface area is 140 Å². The maximum absolute atomic E-state index is 12.3. The third-order valence-electron chi connectivity index (χ3n) is 3.38. The van der Waals surface area contributed by atoms with Crippen LogP contribution in [0.5, 0.6) is 0 Å². The van der Waals surface area contributed by atoms with Crippen LogP contribution < -0.4 is 11.1 Å². The highest BCUT2D eigenvalue weighted by Gasteiger charge is 2.21. The van der Waals surface area contributed by atoms with Gasteiger partial charge in [-0.2, -0.15) is 5.10 Å². The summed E-state index contributed by atoms with van der Waals surface area (Å²) in [5.74, 6) is -0.994. The molecule has 22 heavy (non-hydrogen) atoms. The number of hydrogen-bond donors (Lipinski definition) is 2. The van der Waals surface area contributed by atoms with E-state index in [-0.39, 0.29) is 11.8 Å². The largest absolute Gasteiger partial charge is 0.365 e. The number of anilines is 1. The van der Waals surface area contributed by atoms with E-state index in [9.17, 15) is 9.59 Å². The van der Waals surface area contributed by atoms with Crippen LogP contribution in [0.3, 0.4) is 0 Å². The number of nitrogens with one attached hydrogen (secondary N) is 1. The highest BCUT2D eigenvalue weighted by Crippen LogP contribution is 2.32. The third-order valence-corrected chi connectivity index (χ3v) is 4.91. The molecule has 2 aromatic heterocycles. The van der Waals surface area contributed by atoms with E-state index in [0.717, 1.165) is 14.9 Å². The molecule has 0 saturated carbocycles. The topological polar surface area (TPSA) is 90.0 Å². The van der Waals surface area contributed by atoms with E-state index in [1.54, 1.807) is 17.1 Å². The number of aromatic nitrogens is 2. The van der Waals surface area contributed by atoms with Crippen molar-refractivity contribution in [3.8, 4) is 0 Å². The number of thiophene rings is 1. The number of aryl methyl sites for hydroxylation is 1. The summed E-state index contributed by atoms with van der Waals surface area (Å²) < 4.78 is 2.55. The molecular weight excluding hydrogens is 368 g/mol. The van der Waals surface area contributed by atoms with Gasteiger partial charge in [-0.1, -0.05) is 6.92 Å². The first-order valence-corrected chi connectivity index (χ1v) is 8.29. The average Bonchev–Trinajstić information content (AvgIpc) is 2.94. The maximum Gasteiger partial charge on any atom is 0.251 e. The Morgan fingerprint density at radius 3 is 2.73 bits per heavy atom. The van der Waals surface area contributed by atoms with Gasteiger partial charge in [-0.15, -0.1) is 11.3 Å². The summed E-state index contributed by atoms with van der Waals surface area (Å²) in [6.45, 7) is 5.98. The van der Waals surface area contributed by atoms with Crippen LogP contribution in [0.25, 0.3) is 0 Å². The lowest BCUT2D eigenvalue weighted by Gasteiger charge is -2.12.